The fraction of sp³-hybridized carbons (Fsp3) is 0.224. The zero-order valence-electron chi connectivity index (χ0n) is 40.3. The van der Waals surface area contributed by atoms with E-state index in [1.54, 1.807) is 0 Å². The molecule has 0 amide bonds. The maximum absolute atomic E-state index is 2.63. The Morgan fingerprint density at radius 3 is 1.44 bits per heavy atom. The van der Waals surface area contributed by atoms with E-state index in [0.29, 0.717) is 17.9 Å². The molecule has 0 aliphatic heterocycles. The molecule has 0 N–H and O–H groups in total. The summed E-state index contributed by atoms with van der Waals surface area (Å²) in [4.78, 5) is 2.63. The molecule has 0 saturated carbocycles. The molecule has 8 aromatic carbocycles. The Kier molecular flexibility index (Phi) is 10.4. The number of rotatable bonds is 8. The lowest BCUT2D eigenvalue weighted by Crippen LogP contribution is -2.32. The second kappa shape index (κ2) is 16.7. The molecule has 12 rings (SSSR count). The number of hydrogen-bond acceptors (Lipinski definition) is 1. The van der Waals surface area contributed by atoms with Crippen molar-refractivity contribution in [2.75, 3.05) is 4.90 Å². The minimum absolute atomic E-state index is 0.120. The summed E-state index contributed by atoms with van der Waals surface area (Å²) in [6.07, 6.45) is 12.9. The molecule has 68 heavy (non-hydrogen) atoms. The fourth-order valence-corrected chi connectivity index (χ4v) is 13.2. The van der Waals surface area contributed by atoms with Crippen LogP contribution in [0.2, 0.25) is 0 Å². The molecule has 0 bridgehead atoms. The van der Waals surface area contributed by atoms with Gasteiger partial charge in [-0.3, -0.25) is 0 Å². The number of nitrogens with zero attached hydrogens (tertiary/aromatic N) is 1. The van der Waals surface area contributed by atoms with Crippen LogP contribution in [-0.4, -0.2) is 6.04 Å². The molecule has 1 heteroatoms. The molecule has 334 valence electrons. The van der Waals surface area contributed by atoms with Crippen LogP contribution in [0.25, 0.3) is 61.2 Å². The molecule has 0 spiro atoms. The van der Waals surface area contributed by atoms with Gasteiger partial charge in [0.25, 0.3) is 0 Å². The Balaban J connectivity index is 0.890. The second-order valence-electron chi connectivity index (χ2n) is 21.2. The van der Waals surface area contributed by atoms with Gasteiger partial charge in [0.1, 0.15) is 0 Å². The molecule has 8 aromatic rings. The summed E-state index contributed by atoms with van der Waals surface area (Å²) >= 11 is 0. The lowest BCUT2D eigenvalue weighted by Gasteiger charge is -2.37. The highest BCUT2D eigenvalue weighted by Crippen LogP contribution is 2.57. The summed E-state index contributed by atoms with van der Waals surface area (Å²) in [5.74, 6) is 1.17. The fourth-order valence-electron chi connectivity index (χ4n) is 13.2. The largest absolute Gasteiger partial charge is 0.338 e. The molecule has 4 aliphatic rings. The Hall–Kier alpha value is -6.96. The summed E-state index contributed by atoms with van der Waals surface area (Å²) < 4.78 is 0. The van der Waals surface area contributed by atoms with Crippen LogP contribution in [0.15, 0.2) is 200 Å². The summed E-state index contributed by atoms with van der Waals surface area (Å²) in [6.45, 7) is 12.2. The lowest BCUT2D eigenvalue weighted by atomic mass is 9.73. The van der Waals surface area contributed by atoms with Gasteiger partial charge in [-0.15, -0.1) is 0 Å². The molecule has 0 saturated heterocycles. The summed E-state index contributed by atoms with van der Waals surface area (Å²) in [5, 5.41) is 0. The summed E-state index contributed by atoms with van der Waals surface area (Å²) in [5.41, 5.74) is 25.8. The Morgan fingerprint density at radius 1 is 0.426 bits per heavy atom. The molecule has 0 heterocycles. The Bertz CT molecular complexity index is 3250. The zero-order chi connectivity index (χ0) is 46.1. The van der Waals surface area contributed by atoms with E-state index in [1.807, 2.05) is 0 Å². The van der Waals surface area contributed by atoms with Gasteiger partial charge in [0, 0.05) is 34.2 Å². The highest BCUT2D eigenvalue weighted by molar-refractivity contribution is 5.93. The average molecular weight is 880 g/mol. The second-order valence-corrected chi connectivity index (χ2v) is 21.2. The van der Waals surface area contributed by atoms with Crippen LogP contribution < -0.4 is 4.90 Å². The lowest BCUT2D eigenvalue weighted by molar-refractivity contribution is 0.484. The van der Waals surface area contributed by atoms with Gasteiger partial charge in [0.15, 0.2) is 0 Å². The van der Waals surface area contributed by atoms with Crippen molar-refractivity contribution >= 4 is 16.9 Å². The maximum Gasteiger partial charge on any atom is 0.0413 e. The first kappa shape index (κ1) is 42.4. The van der Waals surface area contributed by atoms with Crippen LogP contribution in [0.5, 0.6) is 0 Å². The number of anilines is 2. The van der Waals surface area contributed by atoms with Crippen molar-refractivity contribution in [3.8, 4) is 55.6 Å². The molecular formula is C67H61N. The molecule has 0 aromatic heterocycles. The monoisotopic (exact) mass is 879 g/mol. The molecule has 0 fully saturated rings. The van der Waals surface area contributed by atoms with Gasteiger partial charge in [-0.25, -0.2) is 0 Å². The van der Waals surface area contributed by atoms with E-state index in [2.05, 4.69) is 240 Å². The normalized spacial score (nSPS) is 19.4. The van der Waals surface area contributed by atoms with Crippen molar-refractivity contribution in [1.82, 2.24) is 0 Å². The van der Waals surface area contributed by atoms with Crippen LogP contribution in [0.1, 0.15) is 106 Å². The van der Waals surface area contributed by atoms with Gasteiger partial charge >= 0.3 is 0 Å². The van der Waals surface area contributed by atoms with E-state index in [9.17, 15) is 0 Å². The first-order valence-corrected chi connectivity index (χ1v) is 25.2. The van der Waals surface area contributed by atoms with Crippen molar-refractivity contribution in [3.63, 3.8) is 0 Å². The SMILES string of the molecule is CC1CC=CC(c2cccc3c2C(C)(C)c2c(-c4ccc(N(c5ccc(-c6ccccc6)cc5)C5CC=C(c6cccc7c6C(C)(C)c6c(-c8ccccc8)cccc6-7)CC5)cc4)cccc2-3)C1. The molecule has 3 unspecified atom stereocenters. The van der Waals surface area contributed by atoms with E-state index in [4.69, 9.17) is 0 Å². The third kappa shape index (κ3) is 6.96. The first-order valence-electron chi connectivity index (χ1n) is 25.2. The molecule has 1 nitrogen and oxygen atoms in total. The van der Waals surface area contributed by atoms with Crippen LogP contribution in [0.3, 0.4) is 0 Å². The van der Waals surface area contributed by atoms with E-state index >= 15 is 0 Å². The Labute approximate surface area is 404 Å². The third-order valence-corrected chi connectivity index (χ3v) is 16.2. The van der Waals surface area contributed by atoms with Crippen molar-refractivity contribution in [3.05, 3.63) is 234 Å². The van der Waals surface area contributed by atoms with Gasteiger partial charge in [-0.2, -0.15) is 0 Å². The van der Waals surface area contributed by atoms with E-state index in [1.165, 1.54) is 119 Å². The van der Waals surface area contributed by atoms with Crippen LogP contribution >= 0.6 is 0 Å². The van der Waals surface area contributed by atoms with Crippen molar-refractivity contribution < 1.29 is 0 Å². The van der Waals surface area contributed by atoms with E-state index in [0.717, 1.165) is 19.3 Å². The minimum atomic E-state index is -0.135. The minimum Gasteiger partial charge on any atom is -0.338 e. The molecule has 4 aliphatic carbocycles. The number of fused-ring (bicyclic) bond motifs is 6. The molecule has 0 radical (unpaired) electrons. The third-order valence-electron chi connectivity index (χ3n) is 16.2. The van der Waals surface area contributed by atoms with E-state index < -0.39 is 0 Å². The summed E-state index contributed by atoms with van der Waals surface area (Å²) in [7, 11) is 0. The van der Waals surface area contributed by atoms with Gasteiger partial charge in [0.2, 0.25) is 0 Å². The Morgan fingerprint density at radius 2 is 0.882 bits per heavy atom. The first-order chi connectivity index (χ1) is 33.2. The van der Waals surface area contributed by atoms with E-state index in [-0.39, 0.29) is 10.8 Å². The van der Waals surface area contributed by atoms with Crippen molar-refractivity contribution in [2.24, 2.45) is 5.92 Å². The highest BCUT2D eigenvalue weighted by atomic mass is 15.2. The predicted octanol–water partition coefficient (Wildman–Crippen LogP) is 18.1. The smallest absolute Gasteiger partial charge is 0.0413 e. The van der Waals surface area contributed by atoms with Crippen LogP contribution in [-0.2, 0) is 10.8 Å². The standard InChI is InChI=1S/C67H61N/c1-44-17-12-22-50(43-44)57-26-16-30-61-60-29-15-25-56(64(60)67(4,5)65(57)61)49-35-41-53(42-36-49)68(51-37-31-46(32-38-51)45-18-8-6-9-19-45)52-39-33-48(34-40-52)55-24-14-28-59-58-27-13-23-54(47-20-10-7-11-21-47)62(58)66(2,3)63(55)59/h6-16,18-33,35-38,41-42,44,50,52H,17,34,39-40,43H2,1-5H3. The van der Waals surface area contributed by atoms with Gasteiger partial charge in [-0.1, -0.05) is 211 Å². The zero-order valence-corrected chi connectivity index (χ0v) is 40.3. The predicted molar refractivity (Wildman–Crippen MR) is 289 cm³/mol. The van der Waals surface area contributed by atoms with Crippen LogP contribution in [0, 0.1) is 5.92 Å². The summed E-state index contributed by atoms with van der Waals surface area (Å²) in [6, 6.07) is 68.9. The number of allylic oxidation sites excluding steroid dienone is 3. The molecule has 3 atom stereocenters. The van der Waals surface area contributed by atoms with Crippen LogP contribution in [0.4, 0.5) is 11.4 Å². The highest BCUT2D eigenvalue weighted by Gasteiger charge is 2.42. The van der Waals surface area contributed by atoms with Gasteiger partial charge < -0.3 is 4.90 Å². The van der Waals surface area contributed by atoms with Crippen molar-refractivity contribution in [1.29, 1.82) is 0 Å². The van der Waals surface area contributed by atoms with Gasteiger partial charge in [-0.05, 0) is 157 Å². The number of hydrogen-bond donors (Lipinski definition) is 0. The molecular weight excluding hydrogens is 819 g/mol. The average Bonchev–Trinajstić information content (AvgIpc) is 3.77. The van der Waals surface area contributed by atoms with Gasteiger partial charge in [0.05, 0.1) is 0 Å². The number of benzene rings is 8. The quantitative estimate of drug-likeness (QED) is 0.137. The topological polar surface area (TPSA) is 3.24 Å². The van der Waals surface area contributed by atoms with Crippen molar-refractivity contribution in [2.45, 2.75) is 89.5 Å². The maximum atomic E-state index is 2.63.